The Bertz CT molecular complexity index is 262. The lowest BCUT2D eigenvalue weighted by molar-refractivity contribution is 0.173. The van der Waals surface area contributed by atoms with Gasteiger partial charge in [0, 0.05) is 19.6 Å². The highest BCUT2D eigenvalue weighted by molar-refractivity contribution is 5.17. The molecule has 1 aromatic rings. The van der Waals surface area contributed by atoms with E-state index < -0.39 is 6.10 Å². The molecular formula is C12H20N2O. The second-order valence-corrected chi connectivity index (χ2v) is 3.93. The minimum atomic E-state index is -0.409. The van der Waals surface area contributed by atoms with Crippen LogP contribution >= 0.6 is 0 Å². The number of hydrogen-bond donors (Lipinski definition) is 2. The van der Waals surface area contributed by atoms with Crippen LogP contribution in [-0.4, -0.2) is 43.7 Å². The van der Waals surface area contributed by atoms with Crippen LogP contribution in [0.2, 0.25) is 0 Å². The molecule has 0 radical (unpaired) electrons. The number of benzene rings is 1. The van der Waals surface area contributed by atoms with Gasteiger partial charge in [-0.15, -0.1) is 0 Å². The van der Waals surface area contributed by atoms with Crippen LogP contribution in [0.15, 0.2) is 30.3 Å². The summed E-state index contributed by atoms with van der Waals surface area (Å²) in [4.78, 5) is 2.11. The summed E-state index contributed by atoms with van der Waals surface area (Å²) in [6.07, 6.45) is -0.409. The highest BCUT2D eigenvalue weighted by atomic mass is 16.3. The van der Waals surface area contributed by atoms with E-state index in [1.165, 1.54) is 0 Å². The molecule has 0 spiro atoms. The van der Waals surface area contributed by atoms with Crippen molar-refractivity contribution in [2.45, 2.75) is 6.10 Å². The van der Waals surface area contributed by atoms with Crippen LogP contribution in [-0.2, 0) is 0 Å². The summed E-state index contributed by atoms with van der Waals surface area (Å²) in [6, 6.07) is 9.73. The third-order valence-corrected chi connectivity index (χ3v) is 2.26. The predicted molar refractivity (Wildman–Crippen MR) is 62.8 cm³/mol. The standard InChI is InChI=1S/C12H20N2O/c1-14(2)9-8-13-10-12(15)11-6-4-3-5-7-11/h3-7,12-13,15H,8-10H2,1-2H3/t12-/m1/s1. The van der Waals surface area contributed by atoms with Gasteiger partial charge >= 0.3 is 0 Å². The lowest BCUT2D eigenvalue weighted by Crippen LogP contribution is -2.29. The molecule has 1 aromatic carbocycles. The molecule has 15 heavy (non-hydrogen) atoms. The maximum atomic E-state index is 9.81. The van der Waals surface area contributed by atoms with Crippen molar-refractivity contribution in [3.05, 3.63) is 35.9 Å². The molecule has 0 heterocycles. The monoisotopic (exact) mass is 208 g/mol. The van der Waals surface area contributed by atoms with E-state index in [9.17, 15) is 5.11 Å². The summed E-state index contributed by atoms with van der Waals surface area (Å²) in [5, 5.41) is 13.0. The average molecular weight is 208 g/mol. The van der Waals surface area contributed by atoms with Crippen LogP contribution in [0.3, 0.4) is 0 Å². The molecular weight excluding hydrogens is 188 g/mol. The number of nitrogens with one attached hydrogen (secondary N) is 1. The highest BCUT2D eigenvalue weighted by Crippen LogP contribution is 2.09. The largest absolute Gasteiger partial charge is 0.387 e. The fourth-order valence-electron chi connectivity index (χ4n) is 1.33. The lowest BCUT2D eigenvalue weighted by Gasteiger charge is -2.14. The third kappa shape index (κ3) is 4.93. The molecule has 0 aliphatic heterocycles. The summed E-state index contributed by atoms with van der Waals surface area (Å²) < 4.78 is 0. The van der Waals surface area contributed by atoms with Gasteiger partial charge in [0.1, 0.15) is 0 Å². The average Bonchev–Trinajstić information content (AvgIpc) is 2.25. The van der Waals surface area contributed by atoms with Crippen LogP contribution in [0.1, 0.15) is 11.7 Å². The number of aliphatic hydroxyl groups excluding tert-OH is 1. The Balaban J connectivity index is 2.22. The van der Waals surface area contributed by atoms with E-state index in [4.69, 9.17) is 0 Å². The van der Waals surface area contributed by atoms with Crippen molar-refractivity contribution in [2.75, 3.05) is 33.7 Å². The van der Waals surface area contributed by atoms with Crippen molar-refractivity contribution < 1.29 is 5.11 Å². The van der Waals surface area contributed by atoms with E-state index in [2.05, 4.69) is 10.2 Å². The van der Waals surface area contributed by atoms with Crippen molar-refractivity contribution in [1.29, 1.82) is 0 Å². The smallest absolute Gasteiger partial charge is 0.0914 e. The third-order valence-electron chi connectivity index (χ3n) is 2.26. The molecule has 0 saturated carbocycles. The maximum Gasteiger partial charge on any atom is 0.0914 e. The molecule has 84 valence electrons. The molecule has 1 atom stereocenters. The number of hydrogen-bond acceptors (Lipinski definition) is 3. The van der Waals surface area contributed by atoms with E-state index in [0.717, 1.165) is 18.7 Å². The van der Waals surface area contributed by atoms with E-state index in [0.29, 0.717) is 6.54 Å². The highest BCUT2D eigenvalue weighted by Gasteiger charge is 2.05. The predicted octanol–water partition coefficient (Wildman–Crippen LogP) is 0.871. The quantitative estimate of drug-likeness (QED) is 0.681. The van der Waals surface area contributed by atoms with Crippen molar-refractivity contribution in [1.82, 2.24) is 10.2 Å². The second-order valence-electron chi connectivity index (χ2n) is 3.93. The fraction of sp³-hybridized carbons (Fsp3) is 0.500. The van der Waals surface area contributed by atoms with Gasteiger partial charge in [0.25, 0.3) is 0 Å². The first-order chi connectivity index (χ1) is 7.20. The van der Waals surface area contributed by atoms with E-state index >= 15 is 0 Å². The van der Waals surface area contributed by atoms with Crippen molar-refractivity contribution in [3.8, 4) is 0 Å². The van der Waals surface area contributed by atoms with Gasteiger partial charge < -0.3 is 15.3 Å². The molecule has 0 unspecified atom stereocenters. The van der Waals surface area contributed by atoms with E-state index in [1.54, 1.807) is 0 Å². The molecule has 3 nitrogen and oxygen atoms in total. The molecule has 1 rings (SSSR count). The minimum Gasteiger partial charge on any atom is -0.387 e. The van der Waals surface area contributed by atoms with Gasteiger partial charge in [0.2, 0.25) is 0 Å². The first-order valence-electron chi connectivity index (χ1n) is 5.28. The zero-order valence-electron chi connectivity index (χ0n) is 9.48. The number of aliphatic hydroxyl groups is 1. The second kappa shape index (κ2) is 6.56. The zero-order valence-corrected chi connectivity index (χ0v) is 9.48. The van der Waals surface area contributed by atoms with Gasteiger partial charge in [0.15, 0.2) is 0 Å². The molecule has 0 aliphatic carbocycles. The number of likely N-dealkylation sites (N-methyl/N-ethyl adjacent to an activating group) is 1. The zero-order chi connectivity index (χ0) is 11.1. The SMILES string of the molecule is CN(C)CCNC[C@@H](O)c1ccccc1. The Morgan fingerprint density at radius 2 is 1.93 bits per heavy atom. The van der Waals surface area contributed by atoms with Crippen LogP contribution < -0.4 is 5.32 Å². The Kier molecular flexibility index (Phi) is 5.32. The topological polar surface area (TPSA) is 35.5 Å². The molecule has 0 aromatic heterocycles. The van der Waals surface area contributed by atoms with Gasteiger partial charge in [-0.25, -0.2) is 0 Å². The van der Waals surface area contributed by atoms with Crippen LogP contribution in [0.5, 0.6) is 0 Å². The van der Waals surface area contributed by atoms with Gasteiger partial charge in [0.05, 0.1) is 6.10 Å². The summed E-state index contributed by atoms with van der Waals surface area (Å²) in [5.41, 5.74) is 0.967. The summed E-state index contributed by atoms with van der Waals surface area (Å²) in [6.45, 7) is 2.50. The minimum absolute atomic E-state index is 0.409. The summed E-state index contributed by atoms with van der Waals surface area (Å²) in [5.74, 6) is 0. The Hall–Kier alpha value is -0.900. The Morgan fingerprint density at radius 3 is 2.53 bits per heavy atom. The van der Waals surface area contributed by atoms with Gasteiger partial charge in [-0.2, -0.15) is 0 Å². The maximum absolute atomic E-state index is 9.81. The Labute approximate surface area is 91.7 Å². The number of rotatable bonds is 6. The van der Waals surface area contributed by atoms with E-state index in [1.807, 2.05) is 44.4 Å². The van der Waals surface area contributed by atoms with Crippen molar-refractivity contribution >= 4 is 0 Å². The van der Waals surface area contributed by atoms with Crippen LogP contribution in [0.25, 0.3) is 0 Å². The normalized spacial score (nSPS) is 13.1. The summed E-state index contributed by atoms with van der Waals surface area (Å²) >= 11 is 0. The molecule has 0 fully saturated rings. The molecule has 3 heteroatoms. The van der Waals surface area contributed by atoms with Crippen molar-refractivity contribution in [2.24, 2.45) is 0 Å². The fourth-order valence-corrected chi connectivity index (χ4v) is 1.33. The molecule has 0 aliphatic rings. The van der Waals surface area contributed by atoms with Gasteiger partial charge in [-0.05, 0) is 19.7 Å². The van der Waals surface area contributed by atoms with Crippen LogP contribution in [0, 0.1) is 0 Å². The molecule has 0 bridgehead atoms. The lowest BCUT2D eigenvalue weighted by atomic mass is 10.1. The molecule has 2 N–H and O–H groups in total. The van der Waals surface area contributed by atoms with Crippen LogP contribution in [0.4, 0.5) is 0 Å². The van der Waals surface area contributed by atoms with Crippen molar-refractivity contribution in [3.63, 3.8) is 0 Å². The first kappa shape index (κ1) is 12.2. The molecule has 0 amide bonds. The first-order valence-corrected chi connectivity index (χ1v) is 5.28. The van der Waals surface area contributed by atoms with E-state index in [-0.39, 0.29) is 0 Å². The van der Waals surface area contributed by atoms with Gasteiger partial charge in [-0.3, -0.25) is 0 Å². The van der Waals surface area contributed by atoms with Gasteiger partial charge in [-0.1, -0.05) is 30.3 Å². The molecule has 0 saturated heterocycles. The Morgan fingerprint density at radius 1 is 1.27 bits per heavy atom. The summed E-state index contributed by atoms with van der Waals surface area (Å²) in [7, 11) is 4.07. The number of nitrogens with zero attached hydrogens (tertiary/aromatic N) is 1.